The zero-order valence-corrected chi connectivity index (χ0v) is 12.7. The Morgan fingerprint density at radius 3 is 2.70 bits per heavy atom. The van der Waals surface area contributed by atoms with Gasteiger partial charge in [-0.15, -0.1) is 0 Å². The van der Waals surface area contributed by atoms with Crippen LogP contribution < -0.4 is 5.32 Å². The van der Waals surface area contributed by atoms with E-state index >= 15 is 0 Å². The minimum absolute atomic E-state index is 0.471. The summed E-state index contributed by atoms with van der Waals surface area (Å²) in [6, 6.07) is 7.66. The maximum Gasteiger partial charge on any atom is 0.0720 e. The van der Waals surface area contributed by atoms with Crippen LogP contribution in [0.2, 0.25) is 0 Å². The van der Waals surface area contributed by atoms with Crippen LogP contribution in [-0.4, -0.2) is 18.7 Å². The predicted molar refractivity (Wildman–Crippen MR) is 83.0 cm³/mol. The lowest BCUT2D eigenvalue weighted by molar-refractivity contribution is 0.0114. The second-order valence-electron chi connectivity index (χ2n) is 6.30. The average Bonchev–Trinajstić information content (AvgIpc) is 2.94. The number of aryl methyl sites for hydroxylation is 2. The molecule has 2 aliphatic rings. The summed E-state index contributed by atoms with van der Waals surface area (Å²) < 4.78 is 6.13. The summed E-state index contributed by atoms with van der Waals surface area (Å²) in [5.74, 6) is 0. The minimum Gasteiger partial charge on any atom is -0.374 e. The molecular weight excluding hydrogens is 246 g/mol. The first-order valence-corrected chi connectivity index (χ1v) is 8.31. The molecule has 1 N–H and O–H groups in total. The lowest BCUT2D eigenvalue weighted by Gasteiger charge is -2.29. The van der Waals surface area contributed by atoms with Crippen LogP contribution in [-0.2, 0) is 24.2 Å². The summed E-state index contributed by atoms with van der Waals surface area (Å²) in [5, 5.41) is 3.55. The fourth-order valence-corrected chi connectivity index (χ4v) is 3.65. The molecule has 2 heteroatoms. The second kappa shape index (κ2) is 6.73. The van der Waals surface area contributed by atoms with Gasteiger partial charge in [-0.1, -0.05) is 25.1 Å². The van der Waals surface area contributed by atoms with Crippen molar-refractivity contribution in [1.29, 1.82) is 0 Å². The third-order valence-electron chi connectivity index (χ3n) is 4.82. The Labute approximate surface area is 122 Å². The first-order chi connectivity index (χ1) is 9.85. The number of benzene rings is 1. The molecule has 0 aromatic heterocycles. The van der Waals surface area contributed by atoms with E-state index in [9.17, 15) is 0 Å². The topological polar surface area (TPSA) is 21.3 Å². The molecule has 2 nitrogen and oxygen atoms in total. The standard InChI is InChI=1S/C18H27NO/c1-2-19-17-8-10-18(11-9-17)20-13-14-6-7-15-4-3-5-16(15)12-14/h6-7,12,17-19H,2-5,8-11,13H2,1H3. The molecule has 0 atom stereocenters. The predicted octanol–water partition coefficient (Wildman–Crippen LogP) is 3.61. The van der Waals surface area contributed by atoms with Crippen LogP contribution in [0.4, 0.5) is 0 Å². The van der Waals surface area contributed by atoms with Crippen molar-refractivity contribution in [2.45, 2.75) is 70.6 Å². The summed E-state index contributed by atoms with van der Waals surface area (Å²) in [5.41, 5.74) is 4.47. The second-order valence-corrected chi connectivity index (χ2v) is 6.30. The van der Waals surface area contributed by atoms with Crippen LogP contribution in [0.1, 0.15) is 55.7 Å². The summed E-state index contributed by atoms with van der Waals surface area (Å²) >= 11 is 0. The van der Waals surface area contributed by atoms with Gasteiger partial charge in [-0.25, -0.2) is 0 Å². The molecule has 1 aromatic rings. The Hall–Kier alpha value is -0.860. The zero-order valence-electron chi connectivity index (χ0n) is 12.7. The molecule has 0 heterocycles. The highest BCUT2D eigenvalue weighted by Crippen LogP contribution is 2.25. The van der Waals surface area contributed by atoms with Gasteiger partial charge in [0.25, 0.3) is 0 Å². The van der Waals surface area contributed by atoms with E-state index in [0.717, 1.165) is 19.2 Å². The largest absolute Gasteiger partial charge is 0.374 e. The molecule has 1 saturated carbocycles. The summed E-state index contributed by atoms with van der Waals surface area (Å²) in [7, 11) is 0. The van der Waals surface area contributed by atoms with Gasteiger partial charge in [0.15, 0.2) is 0 Å². The SMILES string of the molecule is CCNC1CCC(OCc2ccc3c(c2)CCC3)CC1. The van der Waals surface area contributed by atoms with E-state index in [1.165, 1.54) is 50.5 Å². The molecule has 0 aliphatic heterocycles. The number of rotatable bonds is 5. The van der Waals surface area contributed by atoms with Crippen LogP contribution >= 0.6 is 0 Å². The van der Waals surface area contributed by atoms with Crippen LogP contribution in [0.3, 0.4) is 0 Å². The fraction of sp³-hybridized carbons (Fsp3) is 0.667. The van der Waals surface area contributed by atoms with E-state index in [1.54, 1.807) is 11.1 Å². The first kappa shape index (κ1) is 14.1. The summed E-state index contributed by atoms with van der Waals surface area (Å²) in [6.07, 6.45) is 9.28. The van der Waals surface area contributed by atoms with Gasteiger partial charge < -0.3 is 10.1 Å². The van der Waals surface area contributed by atoms with Gasteiger partial charge in [-0.2, -0.15) is 0 Å². The van der Waals surface area contributed by atoms with Gasteiger partial charge in [0.2, 0.25) is 0 Å². The van der Waals surface area contributed by atoms with E-state index < -0.39 is 0 Å². The molecular formula is C18H27NO. The highest BCUT2D eigenvalue weighted by atomic mass is 16.5. The van der Waals surface area contributed by atoms with E-state index in [4.69, 9.17) is 4.74 Å². The Kier molecular flexibility index (Phi) is 4.74. The van der Waals surface area contributed by atoms with Crippen molar-refractivity contribution >= 4 is 0 Å². The number of fused-ring (bicyclic) bond motifs is 1. The van der Waals surface area contributed by atoms with E-state index in [1.807, 2.05) is 0 Å². The average molecular weight is 273 g/mol. The Morgan fingerprint density at radius 2 is 1.90 bits per heavy atom. The lowest BCUT2D eigenvalue weighted by atomic mass is 9.93. The lowest BCUT2D eigenvalue weighted by Crippen LogP contribution is -2.35. The maximum atomic E-state index is 6.13. The maximum absolute atomic E-state index is 6.13. The van der Waals surface area contributed by atoms with Gasteiger partial charge in [0.05, 0.1) is 12.7 Å². The number of nitrogens with one attached hydrogen (secondary N) is 1. The van der Waals surface area contributed by atoms with E-state index in [-0.39, 0.29) is 0 Å². The Bertz CT molecular complexity index is 435. The monoisotopic (exact) mass is 273 g/mol. The van der Waals surface area contributed by atoms with Gasteiger partial charge in [-0.3, -0.25) is 0 Å². The molecule has 0 saturated heterocycles. The molecule has 0 radical (unpaired) electrons. The molecule has 2 aliphatic carbocycles. The quantitative estimate of drug-likeness (QED) is 0.885. The van der Waals surface area contributed by atoms with Crippen molar-refractivity contribution in [3.63, 3.8) is 0 Å². The number of ether oxygens (including phenoxy) is 1. The van der Waals surface area contributed by atoms with Crippen LogP contribution in [0.5, 0.6) is 0 Å². The molecule has 110 valence electrons. The van der Waals surface area contributed by atoms with E-state index in [2.05, 4.69) is 30.4 Å². The van der Waals surface area contributed by atoms with Gasteiger partial charge in [0.1, 0.15) is 0 Å². The fourth-order valence-electron chi connectivity index (χ4n) is 3.65. The molecule has 0 spiro atoms. The summed E-state index contributed by atoms with van der Waals surface area (Å²) in [6.45, 7) is 4.07. The smallest absolute Gasteiger partial charge is 0.0720 e. The van der Waals surface area contributed by atoms with Crippen molar-refractivity contribution in [3.05, 3.63) is 34.9 Å². The minimum atomic E-state index is 0.471. The number of hydrogen-bond donors (Lipinski definition) is 1. The third kappa shape index (κ3) is 3.42. The molecule has 1 fully saturated rings. The molecule has 1 aromatic carbocycles. The van der Waals surface area contributed by atoms with Crippen molar-refractivity contribution in [3.8, 4) is 0 Å². The molecule has 20 heavy (non-hydrogen) atoms. The first-order valence-electron chi connectivity index (χ1n) is 8.31. The highest BCUT2D eigenvalue weighted by Gasteiger charge is 2.21. The van der Waals surface area contributed by atoms with E-state index in [0.29, 0.717) is 6.10 Å². The zero-order chi connectivity index (χ0) is 13.8. The van der Waals surface area contributed by atoms with Crippen molar-refractivity contribution in [1.82, 2.24) is 5.32 Å². The molecule has 3 rings (SSSR count). The van der Waals surface area contributed by atoms with Gasteiger partial charge in [0, 0.05) is 6.04 Å². The van der Waals surface area contributed by atoms with Crippen LogP contribution in [0, 0.1) is 0 Å². The highest BCUT2D eigenvalue weighted by molar-refractivity contribution is 5.35. The summed E-state index contributed by atoms with van der Waals surface area (Å²) in [4.78, 5) is 0. The molecule has 0 bridgehead atoms. The van der Waals surface area contributed by atoms with Gasteiger partial charge >= 0.3 is 0 Å². The Morgan fingerprint density at radius 1 is 1.10 bits per heavy atom. The van der Waals surface area contributed by atoms with Crippen LogP contribution in [0.15, 0.2) is 18.2 Å². The van der Waals surface area contributed by atoms with Crippen molar-refractivity contribution in [2.75, 3.05) is 6.54 Å². The van der Waals surface area contributed by atoms with Crippen molar-refractivity contribution < 1.29 is 4.74 Å². The molecule has 0 unspecified atom stereocenters. The van der Waals surface area contributed by atoms with Crippen LogP contribution in [0.25, 0.3) is 0 Å². The number of hydrogen-bond acceptors (Lipinski definition) is 2. The Balaban J connectivity index is 1.46. The molecule has 0 amide bonds. The normalized spacial score (nSPS) is 25.6. The van der Waals surface area contributed by atoms with Gasteiger partial charge in [-0.05, 0) is 68.2 Å². The van der Waals surface area contributed by atoms with Crippen molar-refractivity contribution in [2.24, 2.45) is 0 Å². The third-order valence-corrected chi connectivity index (χ3v) is 4.82.